The molecule has 0 radical (unpaired) electrons. The van der Waals surface area contributed by atoms with Gasteiger partial charge >= 0.3 is 0 Å². The maximum atomic E-state index is 13.0. The maximum absolute atomic E-state index is 13.0. The summed E-state index contributed by atoms with van der Waals surface area (Å²) in [6, 6.07) is 15.7. The first-order valence-corrected chi connectivity index (χ1v) is 10.7. The molecule has 0 spiro atoms. The van der Waals surface area contributed by atoms with E-state index in [1.807, 2.05) is 48.8 Å². The van der Waals surface area contributed by atoms with Crippen LogP contribution >= 0.6 is 22.9 Å². The fraction of sp³-hybridized carbons (Fsp3) is 0.273. The monoisotopic (exact) mass is 427 g/mol. The van der Waals surface area contributed by atoms with Crippen molar-refractivity contribution in [3.8, 4) is 10.6 Å². The van der Waals surface area contributed by atoms with Crippen molar-refractivity contribution in [3.63, 3.8) is 0 Å². The number of carbonyl (C=O) groups excluding carboxylic acids is 1. The Morgan fingerprint density at radius 1 is 1.17 bits per heavy atom. The van der Waals surface area contributed by atoms with Crippen molar-refractivity contribution in [1.82, 2.24) is 9.88 Å². The number of halogens is 1. The number of rotatable bonds is 5. The second kappa shape index (κ2) is 8.95. The molecule has 1 aromatic heterocycles. The van der Waals surface area contributed by atoms with Gasteiger partial charge in [-0.15, -0.1) is 11.3 Å². The third-order valence-electron chi connectivity index (χ3n) is 4.91. The average molecular weight is 428 g/mol. The molecule has 0 saturated carbocycles. The number of para-hydroxylation sites is 1. The highest BCUT2D eigenvalue weighted by atomic mass is 35.5. The Morgan fingerprint density at radius 3 is 2.66 bits per heavy atom. The standard InChI is InChI=1S/C22H22ClN3O2S/c1-25(14-17-4-2-3-5-20(17)26-10-12-28-13-11-26)22(27)19-15-29-21(24-19)16-6-8-18(23)9-7-16/h2-9,15H,10-14H2,1H3. The first-order valence-electron chi connectivity index (χ1n) is 9.49. The molecule has 0 N–H and O–H groups in total. The molecule has 0 bridgehead atoms. The molecular weight excluding hydrogens is 406 g/mol. The van der Waals surface area contributed by atoms with Crippen LogP contribution in [0, 0.1) is 0 Å². The number of carbonyl (C=O) groups is 1. The Kier molecular flexibility index (Phi) is 6.13. The predicted octanol–water partition coefficient (Wildman–Crippen LogP) is 4.57. The van der Waals surface area contributed by atoms with Crippen molar-refractivity contribution in [2.45, 2.75) is 6.54 Å². The highest BCUT2D eigenvalue weighted by molar-refractivity contribution is 7.13. The summed E-state index contributed by atoms with van der Waals surface area (Å²) in [5.41, 5.74) is 3.71. The van der Waals surface area contributed by atoms with Gasteiger partial charge in [-0.05, 0) is 23.8 Å². The number of hydrogen-bond acceptors (Lipinski definition) is 5. The van der Waals surface area contributed by atoms with Gasteiger partial charge in [0.05, 0.1) is 13.2 Å². The molecule has 0 atom stereocenters. The topological polar surface area (TPSA) is 45.7 Å². The Balaban J connectivity index is 1.49. The van der Waals surface area contributed by atoms with E-state index in [-0.39, 0.29) is 5.91 Å². The van der Waals surface area contributed by atoms with Gasteiger partial charge in [-0.3, -0.25) is 4.79 Å². The molecule has 1 fully saturated rings. The molecule has 2 aromatic carbocycles. The third-order valence-corrected chi connectivity index (χ3v) is 6.06. The zero-order valence-electron chi connectivity index (χ0n) is 16.2. The lowest BCUT2D eigenvalue weighted by molar-refractivity contribution is 0.0780. The van der Waals surface area contributed by atoms with E-state index < -0.39 is 0 Å². The highest BCUT2D eigenvalue weighted by Crippen LogP contribution is 2.27. The number of nitrogens with zero attached hydrogens (tertiary/aromatic N) is 3. The smallest absolute Gasteiger partial charge is 0.273 e. The van der Waals surface area contributed by atoms with Gasteiger partial charge in [0.2, 0.25) is 0 Å². The van der Waals surface area contributed by atoms with Gasteiger partial charge in [-0.25, -0.2) is 4.98 Å². The lowest BCUT2D eigenvalue weighted by Crippen LogP contribution is -2.37. The van der Waals surface area contributed by atoms with Crippen LogP contribution in [0.5, 0.6) is 0 Å². The normalized spacial score (nSPS) is 14.1. The van der Waals surface area contributed by atoms with Crippen LogP contribution in [0.2, 0.25) is 5.02 Å². The second-order valence-electron chi connectivity index (χ2n) is 6.93. The van der Waals surface area contributed by atoms with E-state index in [0.29, 0.717) is 17.3 Å². The van der Waals surface area contributed by atoms with Crippen LogP contribution in [0.1, 0.15) is 16.1 Å². The highest BCUT2D eigenvalue weighted by Gasteiger charge is 2.19. The van der Waals surface area contributed by atoms with Gasteiger partial charge < -0.3 is 14.5 Å². The predicted molar refractivity (Wildman–Crippen MR) is 118 cm³/mol. The molecule has 1 aliphatic rings. The van der Waals surface area contributed by atoms with Crippen LogP contribution in [0.15, 0.2) is 53.9 Å². The molecule has 5 nitrogen and oxygen atoms in total. The summed E-state index contributed by atoms with van der Waals surface area (Å²) in [5.74, 6) is -0.0850. The van der Waals surface area contributed by atoms with Crippen molar-refractivity contribution in [2.24, 2.45) is 0 Å². The Hall–Kier alpha value is -2.41. The maximum Gasteiger partial charge on any atom is 0.273 e. The molecule has 1 amide bonds. The summed E-state index contributed by atoms with van der Waals surface area (Å²) in [6.07, 6.45) is 0. The minimum atomic E-state index is -0.0850. The fourth-order valence-electron chi connectivity index (χ4n) is 3.38. The minimum absolute atomic E-state index is 0.0850. The van der Waals surface area contributed by atoms with Crippen LogP contribution in [0.3, 0.4) is 0 Å². The number of hydrogen-bond donors (Lipinski definition) is 0. The molecule has 1 aliphatic heterocycles. The lowest BCUT2D eigenvalue weighted by Gasteiger charge is -2.31. The van der Waals surface area contributed by atoms with Crippen molar-refractivity contribution < 1.29 is 9.53 Å². The molecular formula is C22H22ClN3O2S. The molecule has 3 aromatic rings. The summed E-state index contributed by atoms with van der Waals surface area (Å²) < 4.78 is 5.46. The fourth-order valence-corrected chi connectivity index (χ4v) is 4.30. The summed E-state index contributed by atoms with van der Waals surface area (Å²) in [7, 11) is 1.82. The summed E-state index contributed by atoms with van der Waals surface area (Å²) in [5, 5.41) is 3.31. The van der Waals surface area contributed by atoms with Gasteiger partial charge in [0.25, 0.3) is 5.91 Å². The SMILES string of the molecule is CN(Cc1ccccc1N1CCOCC1)C(=O)c1csc(-c2ccc(Cl)cc2)n1. The van der Waals surface area contributed by atoms with Crippen LogP contribution in [0.4, 0.5) is 5.69 Å². The van der Waals surface area contributed by atoms with Crippen LogP contribution in [0.25, 0.3) is 10.6 Å². The lowest BCUT2D eigenvalue weighted by atomic mass is 10.1. The number of amides is 1. The van der Waals surface area contributed by atoms with Gasteiger partial charge in [0.1, 0.15) is 10.7 Å². The van der Waals surface area contributed by atoms with Gasteiger partial charge in [-0.2, -0.15) is 0 Å². The minimum Gasteiger partial charge on any atom is -0.378 e. The van der Waals surface area contributed by atoms with E-state index in [9.17, 15) is 4.79 Å². The van der Waals surface area contributed by atoms with Crippen LogP contribution in [-0.2, 0) is 11.3 Å². The van der Waals surface area contributed by atoms with E-state index in [1.54, 1.807) is 4.90 Å². The van der Waals surface area contributed by atoms with Crippen molar-refractivity contribution in [2.75, 3.05) is 38.3 Å². The first kappa shape index (κ1) is 19.9. The number of thiazole rings is 1. The molecule has 29 heavy (non-hydrogen) atoms. The Morgan fingerprint density at radius 2 is 1.90 bits per heavy atom. The molecule has 0 aliphatic carbocycles. The molecule has 7 heteroatoms. The van der Waals surface area contributed by atoms with Crippen molar-refractivity contribution in [1.29, 1.82) is 0 Å². The zero-order chi connectivity index (χ0) is 20.2. The Bertz CT molecular complexity index is 984. The Labute approximate surface area is 179 Å². The number of benzene rings is 2. The van der Waals surface area contributed by atoms with E-state index in [2.05, 4.69) is 22.0 Å². The van der Waals surface area contributed by atoms with E-state index in [4.69, 9.17) is 16.3 Å². The average Bonchev–Trinajstić information content (AvgIpc) is 3.25. The van der Waals surface area contributed by atoms with E-state index in [1.165, 1.54) is 11.3 Å². The molecule has 0 unspecified atom stereocenters. The van der Waals surface area contributed by atoms with Gasteiger partial charge in [0, 0.05) is 48.3 Å². The number of morpholine rings is 1. The number of aromatic nitrogens is 1. The zero-order valence-corrected chi connectivity index (χ0v) is 17.7. The van der Waals surface area contributed by atoms with Crippen LogP contribution in [-0.4, -0.2) is 49.1 Å². The molecule has 4 rings (SSSR count). The quantitative estimate of drug-likeness (QED) is 0.598. The number of ether oxygens (including phenoxy) is 1. The molecule has 150 valence electrons. The van der Waals surface area contributed by atoms with Crippen molar-refractivity contribution >= 4 is 34.5 Å². The largest absolute Gasteiger partial charge is 0.378 e. The summed E-state index contributed by atoms with van der Waals surface area (Å²) in [6.45, 7) is 3.72. The molecule has 2 heterocycles. The van der Waals surface area contributed by atoms with E-state index in [0.717, 1.165) is 48.1 Å². The first-order chi connectivity index (χ1) is 14.1. The van der Waals surface area contributed by atoms with E-state index >= 15 is 0 Å². The number of anilines is 1. The van der Waals surface area contributed by atoms with Crippen LogP contribution < -0.4 is 4.90 Å². The third kappa shape index (κ3) is 4.61. The van der Waals surface area contributed by atoms with Crippen molar-refractivity contribution in [3.05, 3.63) is 70.2 Å². The second-order valence-corrected chi connectivity index (χ2v) is 8.23. The summed E-state index contributed by atoms with van der Waals surface area (Å²) in [4.78, 5) is 21.5. The van der Waals surface area contributed by atoms with Gasteiger partial charge in [-0.1, -0.05) is 41.9 Å². The molecule has 1 saturated heterocycles. The summed E-state index contributed by atoms with van der Waals surface area (Å²) >= 11 is 7.42. The van der Waals surface area contributed by atoms with Gasteiger partial charge in [0.15, 0.2) is 0 Å².